The van der Waals surface area contributed by atoms with E-state index >= 15 is 0 Å². The second-order valence-corrected chi connectivity index (χ2v) is 11.0. The van der Waals surface area contributed by atoms with Gasteiger partial charge in [0, 0.05) is 17.5 Å². The number of hydrogen-bond acceptors (Lipinski definition) is 18. The second-order valence-electron chi connectivity index (χ2n) is 9.65. The van der Waals surface area contributed by atoms with Crippen molar-refractivity contribution in [1.29, 1.82) is 0 Å². The van der Waals surface area contributed by atoms with Gasteiger partial charge in [-0.25, -0.2) is 14.2 Å². The molecule has 0 bridgehead atoms. The number of carbonyl (C=O) groups is 2. The molecule has 2 aliphatic heterocycles. The summed E-state index contributed by atoms with van der Waals surface area (Å²) in [7, 11) is -5.47. The summed E-state index contributed by atoms with van der Waals surface area (Å²) in [6, 6.07) is -0.531. The zero-order chi connectivity index (χ0) is 33.7. The van der Waals surface area contributed by atoms with Crippen LogP contribution >= 0.6 is 7.82 Å². The summed E-state index contributed by atoms with van der Waals surface area (Å²) in [5.74, 6) is -6.51. The van der Waals surface area contributed by atoms with Gasteiger partial charge in [-0.15, -0.1) is 4.67 Å². The van der Waals surface area contributed by atoms with E-state index in [-0.39, 0.29) is 5.82 Å². The maximum Gasteiger partial charge on any atom is 0.499 e. The number of carboxylic acids is 1. The molecule has 3 heterocycles. The molecule has 0 aromatic carbocycles. The average molecular weight is 671 g/mol. The fourth-order valence-corrected chi connectivity index (χ4v) is 4.91. The molecule has 2 fully saturated rings. The second kappa shape index (κ2) is 14.8. The van der Waals surface area contributed by atoms with Crippen molar-refractivity contribution < 1.29 is 78.4 Å². The summed E-state index contributed by atoms with van der Waals surface area (Å²) in [5.41, 5.74) is 12.8. The van der Waals surface area contributed by atoms with Crippen LogP contribution in [0.1, 0.15) is 12.6 Å². The molecule has 2 saturated heterocycles. The zero-order valence-corrected chi connectivity index (χ0v) is 23.6. The molecule has 0 aliphatic carbocycles. The third kappa shape index (κ3) is 8.49. The number of aliphatic carboxylic acids is 1. The van der Waals surface area contributed by atoms with Crippen LogP contribution in [0, 0.1) is 0 Å². The van der Waals surface area contributed by atoms with E-state index in [0.29, 0.717) is 0 Å². The molecule has 11 atom stereocenters. The Balaban J connectivity index is 1.73. The molecular formula is C20H30N7O17P. The highest BCUT2D eigenvalue weighted by atomic mass is 31.2. The lowest BCUT2D eigenvalue weighted by Crippen LogP contribution is -2.68. The highest BCUT2D eigenvalue weighted by molar-refractivity contribution is 7.47. The summed E-state index contributed by atoms with van der Waals surface area (Å²) in [6.45, 7) is -2.93. The van der Waals surface area contributed by atoms with Gasteiger partial charge in [-0.1, -0.05) is 5.11 Å². The van der Waals surface area contributed by atoms with Gasteiger partial charge in [0.15, 0.2) is 6.23 Å². The molecule has 0 saturated carbocycles. The van der Waals surface area contributed by atoms with Crippen LogP contribution in [-0.2, 0) is 37.7 Å². The molecule has 45 heavy (non-hydrogen) atoms. The quantitative estimate of drug-likeness (QED) is 0.0221. The lowest BCUT2D eigenvalue weighted by molar-refractivity contribution is -0.408. The number of aliphatic hydroxyl groups excluding tert-OH is 6. The van der Waals surface area contributed by atoms with Crippen molar-refractivity contribution in [3.8, 4) is 0 Å². The maximum atomic E-state index is 12.5. The van der Waals surface area contributed by atoms with Gasteiger partial charge >= 0.3 is 25.3 Å². The molecular weight excluding hydrogens is 641 g/mol. The van der Waals surface area contributed by atoms with Gasteiger partial charge in [0.2, 0.25) is 5.91 Å². The van der Waals surface area contributed by atoms with Crippen LogP contribution in [0.3, 0.4) is 0 Å². The molecule has 1 amide bonds. The van der Waals surface area contributed by atoms with E-state index in [4.69, 9.17) is 20.7 Å². The molecule has 252 valence electrons. The van der Waals surface area contributed by atoms with Crippen molar-refractivity contribution in [2.45, 2.75) is 67.2 Å². The van der Waals surface area contributed by atoms with Gasteiger partial charge in [-0.3, -0.25) is 13.9 Å². The first kappa shape index (κ1) is 36.2. The Kier molecular flexibility index (Phi) is 11.9. The number of aromatic nitrogens is 2. The Morgan fingerprint density at radius 2 is 2.02 bits per heavy atom. The third-order valence-electron chi connectivity index (χ3n) is 6.55. The third-order valence-corrected chi connectivity index (χ3v) is 7.29. The van der Waals surface area contributed by atoms with Crippen molar-refractivity contribution in [3.63, 3.8) is 0 Å². The number of phosphoric ester groups is 1. The largest absolute Gasteiger partial charge is 0.499 e. The first-order valence-electron chi connectivity index (χ1n) is 12.6. The van der Waals surface area contributed by atoms with Gasteiger partial charge in [0.25, 0.3) is 0 Å². The molecule has 3 rings (SSSR count). The number of anilines is 1. The number of nitrogens with one attached hydrogen (secondary N) is 1. The van der Waals surface area contributed by atoms with Crippen LogP contribution < -0.4 is 16.7 Å². The minimum Gasteiger partial charge on any atom is -0.477 e. The van der Waals surface area contributed by atoms with Crippen molar-refractivity contribution in [3.05, 3.63) is 33.2 Å². The molecule has 24 nitrogen and oxygen atoms in total. The number of azide groups is 1. The van der Waals surface area contributed by atoms with Crippen molar-refractivity contribution in [2.24, 2.45) is 5.11 Å². The Bertz CT molecular complexity index is 1380. The highest BCUT2D eigenvalue weighted by Gasteiger charge is 2.58. The SMILES string of the molecule is [N-]=[N+]=NCC(=O)N[C@H]1C([C@H](O)[C@H](O)CO)O[C@](OOP(=O)(O)OC[C@@H]2O[C@H](n3ccc(N)nc3=O)[C@@H](O)[C@H]2O)(C(=O)O)C[C@H]1O. The van der Waals surface area contributed by atoms with Gasteiger partial charge in [-0.05, 0) is 11.6 Å². The van der Waals surface area contributed by atoms with Crippen LogP contribution in [0.15, 0.2) is 22.2 Å². The summed E-state index contributed by atoms with van der Waals surface area (Å²) < 4.78 is 32.8. The first-order valence-corrected chi connectivity index (χ1v) is 14.1. The van der Waals surface area contributed by atoms with Crippen LogP contribution in [-0.4, -0.2) is 136 Å². The van der Waals surface area contributed by atoms with Crippen molar-refractivity contribution in [1.82, 2.24) is 14.9 Å². The van der Waals surface area contributed by atoms with E-state index in [9.17, 15) is 59.6 Å². The van der Waals surface area contributed by atoms with Gasteiger partial charge in [-0.2, -0.15) is 9.87 Å². The number of nitrogens with zero attached hydrogens (tertiary/aromatic N) is 5. The van der Waals surface area contributed by atoms with E-state index in [2.05, 4.69) is 34.4 Å². The van der Waals surface area contributed by atoms with Crippen molar-refractivity contribution in [2.75, 3.05) is 25.5 Å². The predicted molar refractivity (Wildman–Crippen MR) is 138 cm³/mol. The van der Waals surface area contributed by atoms with Crippen LogP contribution in [0.25, 0.3) is 10.4 Å². The lowest BCUT2D eigenvalue weighted by Gasteiger charge is -2.45. The Hall–Kier alpha value is -3.32. The summed E-state index contributed by atoms with van der Waals surface area (Å²) in [5, 5.41) is 75.8. The van der Waals surface area contributed by atoms with E-state index in [1.165, 1.54) is 6.07 Å². The molecule has 1 aromatic heterocycles. The number of aliphatic hydroxyl groups is 6. The highest BCUT2D eigenvalue weighted by Crippen LogP contribution is 2.47. The molecule has 1 aromatic rings. The number of nitrogen functional groups attached to an aromatic ring is 1. The zero-order valence-electron chi connectivity index (χ0n) is 22.7. The number of rotatable bonds is 14. The fourth-order valence-electron chi connectivity index (χ4n) is 4.32. The molecule has 0 spiro atoms. The predicted octanol–water partition coefficient (Wildman–Crippen LogP) is -5.05. The normalized spacial score (nSPS) is 32.6. The summed E-state index contributed by atoms with van der Waals surface area (Å²) in [6.07, 6.45) is -15.1. The van der Waals surface area contributed by atoms with Gasteiger partial charge in [0.05, 0.1) is 25.4 Å². The van der Waals surface area contributed by atoms with Crippen LogP contribution in [0.4, 0.5) is 5.82 Å². The van der Waals surface area contributed by atoms with Crippen molar-refractivity contribution >= 4 is 25.5 Å². The molecule has 11 N–H and O–H groups in total. The monoisotopic (exact) mass is 671 g/mol. The molecule has 2 aliphatic rings. The molecule has 2 unspecified atom stereocenters. The number of nitrogens with two attached hydrogens (primary N) is 1. The molecule has 25 heteroatoms. The fraction of sp³-hybridized carbons (Fsp3) is 0.700. The Morgan fingerprint density at radius 1 is 1.33 bits per heavy atom. The summed E-state index contributed by atoms with van der Waals surface area (Å²) >= 11 is 0. The summed E-state index contributed by atoms with van der Waals surface area (Å²) in [4.78, 5) is 56.8. The Labute approximate surface area is 250 Å². The van der Waals surface area contributed by atoms with Gasteiger partial charge < -0.3 is 61.2 Å². The number of carboxylic acid groups (broad SMARTS) is 1. The number of ether oxygens (including phenoxy) is 2. The van der Waals surface area contributed by atoms with Gasteiger partial charge in [0.1, 0.15) is 49.0 Å². The maximum absolute atomic E-state index is 12.5. The number of carbonyl (C=O) groups excluding carboxylic acids is 1. The van der Waals surface area contributed by atoms with E-state index < -0.39 is 112 Å². The molecule has 0 radical (unpaired) electrons. The van der Waals surface area contributed by atoms with E-state index in [1.807, 2.05) is 0 Å². The minimum absolute atomic E-state index is 0.146. The smallest absolute Gasteiger partial charge is 0.477 e. The minimum atomic E-state index is -5.47. The first-order chi connectivity index (χ1) is 21.1. The average Bonchev–Trinajstić information content (AvgIpc) is 3.26. The number of phosphoric acid groups is 1. The van der Waals surface area contributed by atoms with E-state index in [1.54, 1.807) is 0 Å². The van der Waals surface area contributed by atoms with Crippen LogP contribution in [0.2, 0.25) is 0 Å². The van der Waals surface area contributed by atoms with E-state index in [0.717, 1.165) is 10.8 Å². The number of amides is 1. The standard InChI is InChI=1S/C20H30N7O17P/c21-10-1-2-27(19(37)24-10)17-15(34)14(33)9(41-17)6-40-45(38,39)44-43-20(18(35)36)3-7(29)12(25-11(31)4-23-26-22)16(42-20)13(32)8(30)5-28/h1-2,7-9,12-17,28-30,32-34H,3-6H2,(H,25,31)(H,35,36)(H,38,39)(H2,21,24,37)/t7-,8-,9+,12-,13-,14+,15+,16?,17+,20-/m1/s1. The van der Waals surface area contributed by atoms with Crippen LogP contribution in [0.5, 0.6) is 0 Å². The topological polar surface area (TPSA) is 381 Å². The number of hydrogen-bond donors (Lipinski definition) is 10. The Morgan fingerprint density at radius 3 is 2.62 bits per heavy atom. The lowest BCUT2D eigenvalue weighted by atomic mass is 9.88.